The molecule has 3 fully saturated rings. The number of ether oxygens (including phenoxy) is 3. The number of carbonyl (C=O) groups is 3. The molecule has 3 aliphatic heterocycles. The van der Waals surface area contributed by atoms with Crippen molar-refractivity contribution in [1.82, 2.24) is 0 Å². The van der Waals surface area contributed by atoms with Gasteiger partial charge in [-0.15, -0.1) is 11.8 Å². The van der Waals surface area contributed by atoms with Crippen LogP contribution in [0.25, 0.3) is 0 Å². The van der Waals surface area contributed by atoms with Crippen LogP contribution in [0.5, 0.6) is 0 Å². The smallest absolute Gasteiger partial charge is 0.311 e. The van der Waals surface area contributed by atoms with Crippen molar-refractivity contribution in [3.05, 3.63) is 0 Å². The highest BCUT2D eigenvalue weighted by atomic mass is 32.2. The van der Waals surface area contributed by atoms with E-state index >= 15 is 0 Å². The van der Waals surface area contributed by atoms with Crippen molar-refractivity contribution in [2.24, 2.45) is 11.8 Å². The minimum Gasteiger partial charge on any atom is -0.469 e. The molecule has 0 aromatic rings. The van der Waals surface area contributed by atoms with Crippen molar-refractivity contribution in [3.63, 3.8) is 0 Å². The summed E-state index contributed by atoms with van der Waals surface area (Å²) in [5.74, 6) is -2.28. The van der Waals surface area contributed by atoms with Crippen molar-refractivity contribution < 1.29 is 28.6 Å². The van der Waals surface area contributed by atoms with Crippen LogP contribution in [0.2, 0.25) is 0 Å². The van der Waals surface area contributed by atoms with E-state index in [9.17, 15) is 14.4 Å². The Labute approximate surface area is 107 Å². The third-order valence-corrected chi connectivity index (χ3v) is 5.43. The lowest BCUT2D eigenvalue weighted by atomic mass is 9.78. The summed E-state index contributed by atoms with van der Waals surface area (Å²) in [6.45, 7) is 1.30. The Morgan fingerprint density at radius 2 is 2.06 bits per heavy atom. The summed E-state index contributed by atoms with van der Waals surface area (Å²) >= 11 is 1.49. The molecule has 98 valence electrons. The van der Waals surface area contributed by atoms with Gasteiger partial charge in [-0.05, 0) is 0 Å². The lowest BCUT2D eigenvalue weighted by molar-refractivity contribution is -0.158. The molecule has 3 aliphatic rings. The summed E-state index contributed by atoms with van der Waals surface area (Å²) in [5, 5.41) is -0.344. The number of methoxy groups -OCH3 is 1. The summed E-state index contributed by atoms with van der Waals surface area (Å²) in [6, 6.07) is 0. The van der Waals surface area contributed by atoms with E-state index in [0.717, 1.165) is 0 Å². The lowest BCUT2D eigenvalue weighted by Crippen LogP contribution is -2.47. The van der Waals surface area contributed by atoms with E-state index in [0.29, 0.717) is 0 Å². The number of hydrogen-bond acceptors (Lipinski definition) is 7. The molecule has 7 heteroatoms. The maximum atomic E-state index is 11.8. The Kier molecular flexibility index (Phi) is 2.55. The number of carbonyl (C=O) groups excluding carboxylic acids is 3. The highest BCUT2D eigenvalue weighted by molar-refractivity contribution is 8.01. The Hall–Kier alpha value is -1.24. The molecule has 0 amide bonds. The Morgan fingerprint density at radius 1 is 1.33 bits per heavy atom. The van der Waals surface area contributed by atoms with Gasteiger partial charge in [-0.1, -0.05) is 0 Å². The summed E-state index contributed by atoms with van der Waals surface area (Å²) in [6.07, 6.45) is -0.952. The Bertz CT molecular complexity index is 435. The molecule has 6 nitrogen and oxygen atoms in total. The SMILES string of the molecule is COC(=O)C1C2SC3C(OC(=O)C31)C2OC(C)=O. The minimum atomic E-state index is -0.569. The molecule has 2 bridgehead atoms. The van der Waals surface area contributed by atoms with E-state index in [1.165, 1.54) is 25.8 Å². The van der Waals surface area contributed by atoms with E-state index < -0.39 is 36.0 Å². The van der Waals surface area contributed by atoms with Gasteiger partial charge in [-0.25, -0.2) is 0 Å². The first-order chi connectivity index (χ1) is 8.54. The van der Waals surface area contributed by atoms with Crippen molar-refractivity contribution in [2.45, 2.75) is 29.6 Å². The molecule has 0 aromatic heterocycles. The first kappa shape index (κ1) is 11.8. The molecule has 0 spiro atoms. The normalized spacial score (nSPS) is 43.8. The molecule has 0 aromatic carbocycles. The van der Waals surface area contributed by atoms with Crippen LogP contribution in [-0.4, -0.2) is 47.7 Å². The van der Waals surface area contributed by atoms with E-state index in [1.54, 1.807) is 0 Å². The molecule has 3 saturated heterocycles. The molecule has 18 heavy (non-hydrogen) atoms. The standard InChI is InChI=1S/C11H12O6S/c1-3(12)16-6-7-9-5(11(14)17-7)4(8(6)18-9)10(13)15-2/h4-9H,1-2H3. The number of rotatable bonds is 2. The average molecular weight is 272 g/mol. The molecule has 3 heterocycles. The van der Waals surface area contributed by atoms with Crippen LogP contribution >= 0.6 is 11.8 Å². The van der Waals surface area contributed by atoms with Crippen LogP contribution in [0, 0.1) is 11.8 Å². The lowest BCUT2D eigenvalue weighted by Gasteiger charge is -2.28. The molecule has 0 aliphatic carbocycles. The largest absolute Gasteiger partial charge is 0.469 e. The van der Waals surface area contributed by atoms with Gasteiger partial charge in [-0.2, -0.15) is 0 Å². The monoisotopic (exact) mass is 272 g/mol. The number of thioether (sulfide) groups is 1. The average Bonchev–Trinajstić information content (AvgIpc) is 2.90. The van der Waals surface area contributed by atoms with Crippen molar-refractivity contribution in [3.8, 4) is 0 Å². The fourth-order valence-corrected chi connectivity index (χ4v) is 5.06. The molecule has 0 saturated carbocycles. The fraction of sp³-hybridized carbons (Fsp3) is 0.727. The zero-order valence-electron chi connectivity index (χ0n) is 9.82. The van der Waals surface area contributed by atoms with Gasteiger partial charge in [0.15, 0.2) is 12.2 Å². The first-order valence-corrected chi connectivity index (χ1v) is 6.60. The van der Waals surface area contributed by atoms with Crippen LogP contribution < -0.4 is 0 Å². The van der Waals surface area contributed by atoms with Crippen LogP contribution in [0.3, 0.4) is 0 Å². The van der Waals surface area contributed by atoms with Crippen molar-refractivity contribution >= 4 is 29.7 Å². The summed E-state index contributed by atoms with van der Waals surface area (Å²) < 4.78 is 15.2. The molecule has 3 rings (SSSR count). The molecular formula is C11H12O6S. The van der Waals surface area contributed by atoms with E-state index in [4.69, 9.17) is 14.2 Å². The molecule has 6 unspecified atom stereocenters. The zero-order chi connectivity index (χ0) is 13.0. The molecule has 6 atom stereocenters. The van der Waals surface area contributed by atoms with Crippen LogP contribution in [0.4, 0.5) is 0 Å². The second kappa shape index (κ2) is 3.88. The number of esters is 3. The maximum Gasteiger partial charge on any atom is 0.311 e. The first-order valence-electron chi connectivity index (χ1n) is 5.65. The fourth-order valence-electron chi connectivity index (χ4n) is 3.07. The van der Waals surface area contributed by atoms with E-state index in [2.05, 4.69) is 0 Å². The van der Waals surface area contributed by atoms with Gasteiger partial charge in [0.2, 0.25) is 0 Å². The van der Waals surface area contributed by atoms with Gasteiger partial charge >= 0.3 is 17.9 Å². The second-order valence-corrected chi connectivity index (χ2v) is 5.98. The van der Waals surface area contributed by atoms with Gasteiger partial charge in [0.05, 0.1) is 29.4 Å². The van der Waals surface area contributed by atoms with E-state index in [1.807, 2.05) is 0 Å². The second-order valence-electron chi connectivity index (χ2n) is 4.62. The molecular weight excluding hydrogens is 260 g/mol. The number of hydrogen-bond donors (Lipinski definition) is 0. The zero-order valence-corrected chi connectivity index (χ0v) is 10.6. The van der Waals surface area contributed by atoms with Gasteiger partial charge in [0.25, 0.3) is 0 Å². The predicted octanol–water partition coefficient (Wildman–Crippen LogP) is -0.254. The summed E-state index contributed by atoms with van der Waals surface area (Å²) in [7, 11) is 1.29. The number of fused-ring (bicyclic) bond motifs is 1. The van der Waals surface area contributed by atoms with Crippen molar-refractivity contribution in [1.29, 1.82) is 0 Å². The summed E-state index contributed by atoms with van der Waals surface area (Å²) in [5.41, 5.74) is 0. The highest BCUT2D eigenvalue weighted by Crippen LogP contribution is 2.59. The van der Waals surface area contributed by atoms with Gasteiger partial charge in [-0.3, -0.25) is 14.4 Å². The van der Waals surface area contributed by atoms with Gasteiger partial charge in [0, 0.05) is 6.92 Å². The molecule has 0 radical (unpaired) electrons. The topological polar surface area (TPSA) is 78.9 Å². The minimum absolute atomic E-state index is 0.101. The maximum absolute atomic E-state index is 11.8. The predicted molar refractivity (Wildman–Crippen MR) is 59.6 cm³/mol. The third-order valence-electron chi connectivity index (χ3n) is 3.68. The Balaban J connectivity index is 1.92. The highest BCUT2D eigenvalue weighted by Gasteiger charge is 2.71. The van der Waals surface area contributed by atoms with Gasteiger partial charge < -0.3 is 14.2 Å². The van der Waals surface area contributed by atoms with Crippen LogP contribution in [0.1, 0.15) is 6.92 Å². The molecule has 0 N–H and O–H groups in total. The Morgan fingerprint density at radius 3 is 2.67 bits per heavy atom. The quantitative estimate of drug-likeness (QED) is 0.506. The van der Waals surface area contributed by atoms with Gasteiger partial charge in [0.1, 0.15) is 0 Å². The van der Waals surface area contributed by atoms with E-state index in [-0.39, 0.29) is 16.5 Å². The third kappa shape index (κ3) is 1.39. The summed E-state index contributed by atoms with van der Waals surface area (Å²) in [4.78, 5) is 34.6. The van der Waals surface area contributed by atoms with Crippen LogP contribution in [0.15, 0.2) is 0 Å². The van der Waals surface area contributed by atoms with Crippen LogP contribution in [-0.2, 0) is 28.6 Å². The van der Waals surface area contributed by atoms with Crippen molar-refractivity contribution in [2.75, 3.05) is 7.11 Å².